The van der Waals surface area contributed by atoms with Crippen LogP contribution in [0, 0.1) is 0 Å². The van der Waals surface area contributed by atoms with Crippen molar-refractivity contribution in [2.24, 2.45) is 4.99 Å². The minimum absolute atomic E-state index is 0.0781. The van der Waals surface area contributed by atoms with E-state index < -0.39 is 10.0 Å². The molecule has 2 N–H and O–H groups in total. The Morgan fingerprint density at radius 2 is 1.71 bits per heavy atom. The lowest BCUT2D eigenvalue weighted by Gasteiger charge is -2.36. The van der Waals surface area contributed by atoms with E-state index in [0.29, 0.717) is 26.2 Å². The lowest BCUT2D eigenvalue weighted by atomic mass is 10.3. The minimum Gasteiger partial charge on any atom is -0.355 e. The second-order valence-electron chi connectivity index (χ2n) is 4.76. The maximum atomic E-state index is 11.3. The van der Waals surface area contributed by atoms with Crippen molar-refractivity contribution < 1.29 is 13.2 Å². The van der Waals surface area contributed by atoms with E-state index in [4.69, 9.17) is 0 Å². The standard InChI is InChI=1S/C12H25N5O3S/c1-4-21(19,20)15-6-5-14-12(13-3)17-9-7-16(8-10-17)11(2)18/h15H,4-10H2,1-3H3,(H,13,14). The molecular formula is C12H25N5O3S. The number of hydrogen-bond donors (Lipinski definition) is 2. The maximum Gasteiger partial charge on any atom is 0.219 e. The summed E-state index contributed by atoms with van der Waals surface area (Å²) in [5.74, 6) is 0.898. The molecule has 21 heavy (non-hydrogen) atoms. The fourth-order valence-corrected chi connectivity index (χ4v) is 2.67. The predicted molar refractivity (Wildman–Crippen MR) is 82.7 cm³/mol. The predicted octanol–water partition coefficient (Wildman–Crippen LogP) is -1.33. The SMILES string of the molecule is CCS(=O)(=O)NCCNC(=NC)N1CCN(C(C)=O)CC1. The van der Waals surface area contributed by atoms with Crippen LogP contribution in [0.4, 0.5) is 0 Å². The van der Waals surface area contributed by atoms with Crippen LogP contribution in [0.2, 0.25) is 0 Å². The topological polar surface area (TPSA) is 94.1 Å². The van der Waals surface area contributed by atoms with Gasteiger partial charge in [-0.2, -0.15) is 0 Å². The van der Waals surface area contributed by atoms with Gasteiger partial charge in [-0.05, 0) is 6.92 Å². The van der Waals surface area contributed by atoms with Gasteiger partial charge < -0.3 is 15.1 Å². The third-order valence-electron chi connectivity index (χ3n) is 3.35. The first-order chi connectivity index (χ1) is 9.89. The van der Waals surface area contributed by atoms with E-state index >= 15 is 0 Å². The molecule has 1 saturated heterocycles. The maximum absolute atomic E-state index is 11.3. The van der Waals surface area contributed by atoms with Gasteiger partial charge in [-0.25, -0.2) is 13.1 Å². The molecule has 0 aromatic carbocycles. The number of nitrogens with one attached hydrogen (secondary N) is 2. The van der Waals surface area contributed by atoms with Crippen molar-refractivity contribution >= 4 is 21.9 Å². The van der Waals surface area contributed by atoms with Gasteiger partial charge in [-0.15, -0.1) is 0 Å². The summed E-state index contributed by atoms with van der Waals surface area (Å²) in [5.41, 5.74) is 0. The Kier molecular flexibility index (Phi) is 6.90. The molecule has 1 amide bonds. The van der Waals surface area contributed by atoms with E-state index in [9.17, 15) is 13.2 Å². The van der Waals surface area contributed by atoms with Crippen molar-refractivity contribution in [3.63, 3.8) is 0 Å². The molecule has 1 aliphatic rings. The second kappa shape index (κ2) is 8.18. The number of carbonyl (C=O) groups is 1. The zero-order valence-electron chi connectivity index (χ0n) is 12.9. The van der Waals surface area contributed by atoms with Crippen molar-refractivity contribution in [2.75, 3.05) is 52.1 Å². The molecular weight excluding hydrogens is 294 g/mol. The molecule has 0 aromatic rings. The van der Waals surface area contributed by atoms with E-state index in [1.807, 2.05) is 0 Å². The van der Waals surface area contributed by atoms with Crippen molar-refractivity contribution in [1.82, 2.24) is 19.8 Å². The third-order valence-corrected chi connectivity index (χ3v) is 4.75. The number of carbonyl (C=O) groups excluding carboxylic acids is 1. The number of amides is 1. The van der Waals surface area contributed by atoms with Crippen molar-refractivity contribution in [2.45, 2.75) is 13.8 Å². The summed E-state index contributed by atoms with van der Waals surface area (Å²) in [6, 6.07) is 0. The van der Waals surface area contributed by atoms with Crippen LogP contribution in [0.3, 0.4) is 0 Å². The summed E-state index contributed by atoms with van der Waals surface area (Å²) in [5, 5.41) is 3.13. The molecule has 8 nitrogen and oxygen atoms in total. The van der Waals surface area contributed by atoms with Crippen molar-refractivity contribution in [1.29, 1.82) is 0 Å². The van der Waals surface area contributed by atoms with Crippen LogP contribution in [0.25, 0.3) is 0 Å². The van der Waals surface area contributed by atoms with Crippen LogP contribution in [0.1, 0.15) is 13.8 Å². The average Bonchev–Trinajstić information content (AvgIpc) is 2.47. The zero-order chi connectivity index (χ0) is 15.9. The molecule has 0 unspecified atom stereocenters. The summed E-state index contributed by atoms with van der Waals surface area (Å²) in [6.45, 7) is 6.77. The Labute approximate surface area is 126 Å². The third kappa shape index (κ3) is 5.88. The summed E-state index contributed by atoms with van der Waals surface area (Å²) in [6.07, 6.45) is 0. The minimum atomic E-state index is -3.15. The zero-order valence-corrected chi connectivity index (χ0v) is 13.7. The second-order valence-corrected chi connectivity index (χ2v) is 6.86. The normalized spacial score (nSPS) is 17.0. The van der Waals surface area contributed by atoms with Gasteiger partial charge in [0.05, 0.1) is 5.75 Å². The molecule has 0 aromatic heterocycles. The monoisotopic (exact) mass is 319 g/mol. The number of guanidine groups is 1. The van der Waals surface area contributed by atoms with Crippen LogP contribution >= 0.6 is 0 Å². The van der Waals surface area contributed by atoms with Gasteiger partial charge in [0.1, 0.15) is 0 Å². The molecule has 122 valence electrons. The first kappa shape index (κ1) is 17.7. The van der Waals surface area contributed by atoms with Gasteiger partial charge in [-0.3, -0.25) is 9.79 Å². The number of sulfonamides is 1. The van der Waals surface area contributed by atoms with Crippen LogP contribution in [0.5, 0.6) is 0 Å². The number of aliphatic imine (C=N–C) groups is 1. The van der Waals surface area contributed by atoms with Crippen molar-refractivity contribution in [3.05, 3.63) is 0 Å². The van der Waals surface area contributed by atoms with E-state index in [1.54, 1.807) is 25.8 Å². The number of hydrogen-bond acceptors (Lipinski definition) is 4. The first-order valence-electron chi connectivity index (χ1n) is 7.08. The van der Waals surface area contributed by atoms with Gasteiger partial charge in [0.2, 0.25) is 15.9 Å². The summed E-state index contributed by atoms with van der Waals surface area (Å²) in [4.78, 5) is 19.3. The Balaban J connectivity index is 2.35. The van der Waals surface area contributed by atoms with Crippen LogP contribution in [-0.2, 0) is 14.8 Å². The molecule has 1 fully saturated rings. The summed E-state index contributed by atoms with van der Waals surface area (Å²) < 4.78 is 25.1. The highest BCUT2D eigenvalue weighted by molar-refractivity contribution is 7.89. The fraction of sp³-hybridized carbons (Fsp3) is 0.833. The van der Waals surface area contributed by atoms with E-state index in [0.717, 1.165) is 19.0 Å². The average molecular weight is 319 g/mol. The highest BCUT2D eigenvalue weighted by Crippen LogP contribution is 2.02. The Bertz CT molecular complexity index is 469. The Hall–Kier alpha value is -1.35. The number of piperazine rings is 1. The highest BCUT2D eigenvalue weighted by Gasteiger charge is 2.20. The van der Waals surface area contributed by atoms with Crippen LogP contribution in [0.15, 0.2) is 4.99 Å². The van der Waals surface area contributed by atoms with E-state index in [1.165, 1.54) is 0 Å². The van der Waals surface area contributed by atoms with E-state index in [-0.39, 0.29) is 11.7 Å². The Morgan fingerprint density at radius 1 is 1.14 bits per heavy atom. The summed E-state index contributed by atoms with van der Waals surface area (Å²) >= 11 is 0. The van der Waals surface area contributed by atoms with E-state index in [2.05, 4.69) is 19.9 Å². The number of nitrogens with zero attached hydrogens (tertiary/aromatic N) is 3. The van der Waals surface area contributed by atoms with Crippen LogP contribution in [-0.4, -0.2) is 82.2 Å². The molecule has 0 radical (unpaired) electrons. The van der Waals surface area contributed by atoms with Gasteiger partial charge in [-0.1, -0.05) is 0 Å². The molecule has 1 aliphatic heterocycles. The van der Waals surface area contributed by atoms with Gasteiger partial charge in [0.25, 0.3) is 0 Å². The van der Waals surface area contributed by atoms with Gasteiger partial charge >= 0.3 is 0 Å². The summed E-state index contributed by atoms with van der Waals surface area (Å²) in [7, 11) is -1.46. The Morgan fingerprint density at radius 3 is 2.19 bits per heavy atom. The molecule has 0 bridgehead atoms. The molecule has 1 heterocycles. The van der Waals surface area contributed by atoms with Gasteiger partial charge in [0.15, 0.2) is 5.96 Å². The molecule has 9 heteroatoms. The largest absolute Gasteiger partial charge is 0.355 e. The van der Waals surface area contributed by atoms with Gasteiger partial charge in [0, 0.05) is 53.2 Å². The smallest absolute Gasteiger partial charge is 0.219 e. The molecule has 0 saturated carbocycles. The number of rotatable bonds is 5. The lowest BCUT2D eigenvalue weighted by Crippen LogP contribution is -2.54. The van der Waals surface area contributed by atoms with Crippen molar-refractivity contribution in [3.8, 4) is 0 Å². The molecule has 0 aliphatic carbocycles. The lowest BCUT2D eigenvalue weighted by molar-refractivity contribution is -0.130. The highest BCUT2D eigenvalue weighted by atomic mass is 32.2. The molecule has 0 spiro atoms. The molecule has 1 rings (SSSR count). The first-order valence-corrected chi connectivity index (χ1v) is 8.73. The molecule has 0 atom stereocenters. The fourth-order valence-electron chi connectivity index (χ4n) is 2.05. The van der Waals surface area contributed by atoms with Crippen LogP contribution < -0.4 is 10.0 Å². The quantitative estimate of drug-likeness (QED) is 0.372.